The zero-order valence-electron chi connectivity index (χ0n) is 13.2. The molecule has 24 heavy (non-hydrogen) atoms. The standard InChI is InChI=1S/C18H19Cl2N3O/c19-13-9-14(20)11-16(10-13)21-12-18(24)22-15-3-5-17(6-4-15)23-7-1-2-8-23/h3-6,9-11,21H,1-2,7-8,12H2,(H,22,24). The minimum Gasteiger partial charge on any atom is -0.376 e. The van der Waals surface area contributed by atoms with E-state index in [4.69, 9.17) is 23.2 Å². The van der Waals surface area contributed by atoms with Gasteiger partial charge in [-0.25, -0.2) is 0 Å². The van der Waals surface area contributed by atoms with Gasteiger partial charge < -0.3 is 15.5 Å². The average Bonchev–Trinajstić information content (AvgIpc) is 3.07. The Bertz CT molecular complexity index is 692. The smallest absolute Gasteiger partial charge is 0.243 e. The molecule has 126 valence electrons. The first-order valence-electron chi connectivity index (χ1n) is 7.95. The van der Waals surface area contributed by atoms with Crippen LogP contribution in [-0.2, 0) is 4.79 Å². The molecular weight excluding hydrogens is 345 g/mol. The largest absolute Gasteiger partial charge is 0.376 e. The van der Waals surface area contributed by atoms with E-state index < -0.39 is 0 Å². The van der Waals surface area contributed by atoms with Crippen molar-refractivity contribution in [2.24, 2.45) is 0 Å². The molecule has 0 aromatic heterocycles. The van der Waals surface area contributed by atoms with Gasteiger partial charge in [-0.3, -0.25) is 4.79 Å². The Kier molecular flexibility index (Phi) is 5.48. The van der Waals surface area contributed by atoms with Gasteiger partial charge >= 0.3 is 0 Å². The average molecular weight is 364 g/mol. The van der Waals surface area contributed by atoms with Crippen molar-refractivity contribution in [2.45, 2.75) is 12.8 Å². The van der Waals surface area contributed by atoms with E-state index in [1.807, 2.05) is 24.3 Å². The Morgan fingerprint density at radius 2 is 1.58 bits per heavy atom. The predicted octanol–water partition coefficient (Wildman–Crippen LogP) is 4.64. The van der Waals surface area contributed by atoms with Gasteiger partial charge in [0.1, 0.15) is 0 Å². The fraction of sp³-hybridized carbons (Fsp3) is 0.278. The van der Waals surface area contributed by atoms with E-state index in [2.05, 4.69) is 15.5 Å². The van der Waals surface area contributed by atoms with Crippen molar-refractivity contribution in [3.05, 3.63) is 52.5 Å². The van der Waals surface area contributed by atoms with Crippen LogP contribution in [0.2, 0.25) is 10.0 Å². The van der Waals surface area contributed by atoms with Gasteiger partial charge in [0.2, 0.25) is 5.91 Å². The van der Waals surface area contributed by atoms with Crippen LogP contribution in [0.5, 0.6) is 0 Å². The molecule has 1 heterocycles. The predicted molar refractivity (Wildman–Crippen MR) is 101 cm³/mol. The number of nitrogens with zero attached hydrogens (tertiary/aromatic N) is 1. The lowest BCUT2D eigenvalue weighted by Crippen LogP contribution is -2.22. The third-order valence-corrected chi connectivity index (χ3v) is 4.37. The summed E-state index contributed by atoms with van der Waals surface area (Å²) in [4.78, 5) is 14.4. The maximum absolute atomic E-state index is 12.0. The molecule has 0 spiro atoms. The van der Waals surface area contributed by atoms with Gasteiger partial charge in [-0.15, -0.1) is 0 Å². The van der Waals surface area contributed by atoms with Crippen molar-refractivity contribution in [1.82, 2.24) is 0 Å². The Hall–Kier alpha value is -1.91. The number of carbonyl (C=O) groups excluding carboxylic acids is 1. The van der Waals surface area contributed by atoms with E-state index in [9.17, 15) is 4.79 Å². The zero-order chi connectivity index (χ0) is 16.9. The molecule has 2 aromatic carbocycles. The summed E-state index contributed by atoms with van der Waals surface area (Å²) in [5.74, 6) is -0.125. The molecule has 0 aliphatic carbocycles. The van der Waals surface area contributed by atoms with Crippen LogP contribution >= 0.6 is 23.2 Å². The van der Waals surface area contributed by atoms with E-state index in [1.165, 1.54) is 18.5 Å². The number of hydrogen-bond donors (Lipinski definition) is 2. The number of benzene rings is 2. The minimum absolute atomic E-state index is 0.125. The van der Waals surface area contributed by atoms with Crippen LogP contribution < -0.4 is 15.5 Å². The number of anilines is 3. The summed E-state index contributed by atoms with van der Waals surface area (Å²) in [7, 11) is 0. The van der Waals surface area contributed by atoms with Crippen molar-refractivity contribution >= 4 is 46.2 Å². The van der Waals surface area contributed by atoms with Crippen molar-refractivity contribution in [1.29, 1.82) is 0 Å². The molecule has 2 aromatic rings. The molecule has 1 amide bonds. The summed E-state index contributed by atoms with van der Waals surface area (Å²) < 4.78 is 0. The Balaban J connectivity index is 1.52. The van der Waals surface area contributed by atoms with Crippen LogP contribution in [0.1, 0.15) is 12.8 Å². The van der Waals surface area contributed by atoms with Crippen molar-refractivity contribution in [3.8, 4) is 0 Å². The summed E-state index contributed by atoms with van der Waals surface area (Å²) >= 11 is 11.9. The summed E-state index contributed by atoms with van der Waals surface area (Å²) in [5.41, 5.74) is 2.71. The van der Waals surface area contributed by atoms with E-state index >= 15 is 0 Å². The molecular formula is C18H19Cl2N3O. The second kappa shape index (κ2) is 7.77. The van der Waals surface area contributed by atoms with Crippen LogP contribution in [0.4, 0.5) is 17.1 Å². The Labute approximate surface area is 151 Å². The van der Waals surface area contributed by atoms with Gasteiger partial charge in [0.15, 0.2) is 0 Å². The number of halogens is 2. The van der Waals surface area contributed by atoms with E-state index in [0.29, 0.717) is 15.7 Å². The number of rotatable bonds is 5. The molecule has 0 unspecified atom stereocenters. The molecule has 0 saturated carbocycles. The molecule has 6 heteroatoms. The molecule has 3 rings (SSSR count). The van der Waals surface area contributed by atoms with Crippen LogP contribution in [0.15, 0.2) is 42.5 Å². The molecule has 1 aliphatic rings. The highest BCUT2D eigenvalue weighted by Gasteiger charge is 2.12. The number of amides is 1. The lowest BCUT2D eigenvalue weighted by atomic mass is 10.2. The van der Waals surface area contributed by atoms with E-state index in [0.717, 1.165) is 18.8 Å². The van der Waals surface area contributed by atoms with Gasteiger partial charge in [-0.1, -0.05) is 23.2 Å². The molecule has 0 radical (unpaired) electrons. The summed E-state index contributed by atoms with van der Waals surface area (Å²) in [6, 6.07) is 13.1. The maximum atomic E-state index is 12.0. The molecule has 2 N–H and O–H groups in total. The monoisotopic (exact) mass is 363 g/mol. The first-order valence-corrected chi connectivity index (χ1v) is 8.70. The minimum atomic E-state index is -0.125. The molecule has 1 saturated heterocycles. The Morgan fingerprint density at radius 1 is 0.958 bits per heavy atom. The topological polar surface area (TPSA) is 44.4 Å². The second-order valence-electron chi connectivity index (χ2n) is 5.80. The molecule has 1 fully saturated rings. The van der Waals surface area contributed by atoms with Gasteiger partial charge in [-0.2, -0.15) is 0 Å². The number of hydrogen-bond acceptors (Lipinski definition) is 3. The first kappa shape index (κ1) is 16.9. The maximum Gasteiger partial charge on any atom is 0.243 e. The lowest BCUT2D eigenvalue weighted by molar-refractivity contribution is -0.114. The zero-order valence-corrected chi connectivity index (χ0v) is 14.7. The number of nitrogens with one attached hydrogen (secondary N) is 2. The fourth-order valence-electron chi connectivity index (χ4n) is 2.77. The van der Waals surface area contributed by atoms with Crippen molar-refractivity contribution in [2.75, 3.05) is 35.2 Å². The molecule has 4 nitrogen and oxygen atoms in total. The van der Waals surface area contributed by atoms with Crippen LogP contribution in [0, 0.1) is 0 Å². The fourth-order valence-corrected chi connectivity index (χ4v) is 3.30. The quantitative estimate of drug-likeness (QED) is 0.812. The number of carbonyl (C=O) groups is 1. The van der Waals surface area contributed by atoms with E-state index in [1.54, 1.807) is 18.2 Å². The van der Waals surface area contributed by atoms with Gasteiger partial charge in [0.05, 0.1) is 6.54 Å². The first-order chi connectivity index (χ1) is 11.6. The highest BCUT2D eigenvalue weighted by Crippen LogP contribution is 2.23. The van der Waals surface area contributed by atoms with Gasteiger partial charge in [-0.05, 0) is 55.3 Å². The van der Waals surface area contributed by atoms with Gasteiger partial charge in [0.25, 0.3) is 0 Å². The normalized spacial score (nSPS) is 13.8. The third-order valence-electron chi connectivity index (χ3n) is 3.94. The third kappa shape index (κ3) is 4.56. The molecule has 0 bridgehead atoms. The van der Waals surface area contributed by atoms with Crippen LogP contribution in [-0.4, -0.2) is 25.5 Å². The summed E-state index contributed by atoms with van der Waals surface area (Å²) in [5, 5.41) is 6.95. The SMILES string of the molecule is O=C(CNc1cc(Cl)cc(Cl)c1)Nc1ccc(N2CCCC2)cc1. The Morgan fingerprint density at radius 3 is 2.21 bits per heavy atom. The second-order valence-corrected chi connectivity index (χ2v) is 6.67. The molecule has 1 aliphatic heterocycles. The van der Waals surface area contributed by atoms with Crippen molar-refractivity contribution < 1.29 is 4.79 Å². The highest BCUT2D eigenvalue weighted by atomic mass is 35.5. The van der Waals surface area contributed by atoms with Crippen LogP contribution in [0.3, 0.4) is 0 Å². The summed E-state index contributed by atoms with van der Waals surface area (Å²) in [6.07, 6.45) is 2.50. The lowest BCUT2D eigenvalue weighted by Gasteiger charge is -2.17. The van der Waals surface area contributed by atoms with Crippen molar-refractivity contribution in [3.63, 3.8) is 0 Å². The highest BCUT2D eigenvalue weighted by molar-refractivity contribution is 6.35. The van der Waals surface area contributed by atoms with Crippen LogP contribution in [0.25, 0.3) is 0 Å². The molecule has 0 atom stereocenters. The summed E-state index contributed by atoms with van der Waals surface area (Å²) in [6.45, 7) is 2.36. The van der Waals surface area contributed by atoms with Gasteiger partial charge in [0, 0.05) is 40.2 Å². The van der Waals surface area contributed by atoms with E-state index in [-0.39, 0.29) is 12.5 Å².